The molecule has 2 aromatic rings. The van der Waals surface area contributed by atoms with E-state index in [1.165, 1.54) is 16.2 Å². The second-order valence-corrected chi connectivity index (χ2v) is 9.84. The van der Waals surface area contributed by atoms with E-state index in [-0.39, 0.29) is 25.1 Å². The summed E-state index contributed by atoms with van der Waals surface area (Å²) < 4.78 is 5.43. The van der Waals surface area contributed by atoms with E-state index in [1.54, 1.807) is 37.3 Å². The predicted octanol–water partition coefficient (Wildman–Crippen LogP) is 3.93. The number of nitrogens with one attached hydrogen (secondary N) is 1. The standard InChI is InChI=1S/C26H29ClN4O4S/c1-3-11-31-20(17-29-12-14-30(15-13-29)24(32)21-6-5-16-36-21)22(25(33)35-4-2)23(28-26(31)34)18-7-9-19(27)10-8-18/h3,5-10,16,23H,1,4,11-15,17H2,2H3,(H,28,34). The first-order valence-corrected chi connectivity index (χ1v) is 13.1. The van der Waals surface area contributed by atoms with Crippen molar-refractivity contribution < 1.29 is 19.1 Å². The van der Waals surface area contributed by atoms with Gasteiger partial charge in [-0.25, -0.2) is 9.59 Å². The lowest BCUT2D eigenvalue weighted by Gasteiger charge is -2.40. The number of esters is 1. The summed E-state index contributed by atoms with van der Waals surface area (Å²) in [6.45, 7) is 8.71. The summed E-state index contributed by atoms with van der Waals surface area (Å²) in [6.07, 6.45) is 1.63. The van der Waals surface area contributed by atoms with Gasteiger partial charge in [-0.15, -0.1) is 17.9 Å². The minimum atomic E-state index is -0.674. The molecular formula is C26H29ClN4O4S. The van der Waals surface area contributed by atoms with Gasteiger partial charge < -0.3 is 15.0 Å². The molecule has 3 amide bonds. The zero-order chi connectivity index (χ0) is 25.7. The number of piperazine rings is 1. The van der Waals surface area contributed by atoms with E-state index in [0.717, 1.165) is 10.4 Å². The summed E-state index contributed by atoms with van der Waals surface area (Å²) in [5.41, 5.74) is 1.70. The smallest absolute Gasteiger partial charge is 0.338 e. The van der Waals surface area contributed by atoms with Crippen molar-refractivity contribution in [3.63, 3.8) is 0 Å². The number of hydrogen-bond acceptors (Lipinski definition) is 6. The Labute approximate surface area is 219 Å². The second kappa shape index (κ2) is 11.7. The van der Waals surface area contributed by atoms with E-state index in [2.05, 4.69) is 16.8 Å². The maximum Gasteiger partial charge on any atom is 0.338 e. The van der Waals surface area contributed by atoms with E-state index in [1.807, 2.05) is 22.4 Å². The van der Waals surface area contributed by atoms with Crippen LogP contribution < -0.4 is 5.32 Å². The normalized spacial score (nSPS) is 18.7. The Hall–Kier alpha value is -3.14. The van der Waals surface area contributed by atoms with Crippen LogP contribution in [-0.2, 0) is 9.53 Å². The van der Waals surface area contributed by atoms with Gasteiger partial charge in [-0.1, -0.05) is 35.9 Å². The first-order chi connectivity index (χ1) is 17.4. The lowest BCUT2D eigenvalue weighted by Crippen LogP contribution is -2.53. The van der Waals surface area contributed by atoms with Crippen molar-refractivity contribution in [3.05, 3.63) is 81.2 Å². The Bertz CT molecular complexity index is 1140. The molecule has 1 N–H and O–H groups in total. The molecule has 8 nitrogen and oxygen atoms in total. The molecule has 1 saturated heterocycles. The number of ether oxygens (including phenoxy) is 1. The van der Waals surface area contributed by atoms with Crippen LogP contribution in [0.25, 0.3) is 0 Å². The Morgan fingerprint density at radius 2 is 1.92 bits per heavy atom. The van der Waals surface area contributed by atoms with Gasteiger partial charge in [-0.2, -0.15) is 0 Å². The molecule has 0 spiro atoms. The van der Waals surface area contributed by atoms with Gasteiger partial charge in [0, 0.05) is 50.0 Å². The van der Waals surface area contributed by atoms with Gasteiger partial charge in [0.05, 0.1) is 23.1 Å². The number of carbonyl (C=O) groups is 3. The van der Waals surface area contributed by atoms with Gasteiger partial charge in [0.1, 0.15) is 0 Å². The fourth-order valence-corrected chi connectivity index (χ4v) is 5.24. The van der Waals surface area contributed by atoms with E-state index in [0.29, 0.717) is 49.0 Å². The maximum absolute atomic E-state index is 13.2. The number of nitrogens with zero attached hydrogens (tertiary/aromatic N) is 3. The van der Waals surface area contributed by atoms with Crippen molar-refractivity contribution >= 4 is 40.8 Å². The van der Waals surface area contributed by atoms with Crippen LogP contribution in [0.2, 0.25) is 5.02 Å². The van der Waals surface area contributed by atoms with Crippen LogP contribution in [0.4, 0.5) is 4.79 Å². The monoisotopic (exact) mass is 528 g/mol. The molecular weight excluding hydrogens is 500 g/mol. The van der Waals surface area contributed by atoms with Crippen LogP contribution in [0.3, 0.4) is 0 Å². The number of halogens is 1. The highest BCUT2D eigenvalue weighted by molar-refractivity contribution is 7.12. The zero-order valence-corrected chi connectivity index (χ0v) is 21.7. The molecule has 36 heavy (non-hydrogen) atoms. The zero-order valence-electron chi connectivity index (χ0n) is 20.1. The molecule has 190 valence electrons. The van der Waals surface area contributed by atoms with E-state index >= 15 is 0 Å². The fraction of sp³-hybridized carbons (Fsp3) is 0.346. The summed E-state index contributed by atoms with van der Waals surface area (Å²) in [7, 11) is 0. The lowest BCUT2D eigenvalue weighted by molar-refractivity contribution is -0.139. The highest BCUT2D eigenvalue weighted by Gasteiger charge is 2.38. The third-order valence-corrected chi connectivity index (χ3v) is 7.32. The van der Waals surface area contributed by atoms with E-state index in [9.17, 15) is 14.4 Å². The molecule has 1 aromatic carbocycles. The maximum atomic E-state index is 13.2. The number of carbonyl (C=O) groups excluding carboxylic acids is 3. The second-order valence-electron chi connectivity index (χ2n) is 8.46. The minimum Gasteiger partial charge on any atom is -0.463 e. The Morgan fingerprint density at radius 1 is 1.19 bits per heavy atom. The van der Waals surface area contributed by atoms with Gasteiger partial charge in [-0.3, -0.25) is 14.6 Å². The highest BCUT2D eigenvalue weighted by Crippen LogP contribution is 2.33. The summed E-state index contributed by atoms with van der Waals surface area (Å²) in [6, 6.07) is 9.76. The SMILES string of the molecule is C=CCN1C(=O)NC(c2ccc(Cl)cc2)C(C(=O)OCC)=C1CN1CCN(C(=O)c2cccs2)CC1. The van der Waals surface area contributed by atoms with Gasteiger partial charge in [0.2, 0.25) is 0 Å². The quantitative estimate of drug-likeness (QED) is 0.415. The number of hydrogen-bond donors (Lipinski definition) is 1. The number of benzene rings is 1. The van der Waals surface area contributed by atoms with E-state index < -0.39 is 12.0 Å². The molecule has 3 heterocycles. The molecule has 0 bridgehead atoms. The van der Waals surface area contributed by atoms with Crippen LogP contribution >= 0.6 is 22.9 Å². The highest BCUT2D eigenvalue weighted by atomic mass is 35.5. The number of urea groups is 1. The molecule has 1 unspecified atom stereocenters. The lowest BCUT2D eigenvalue weighted by atomic mass is 9.94. The largest absolute Gasteiger partial charge is 0.463 e. The molecule has 10 heteroatoms. The Morgan fingerprint density at radius 3 is 2.53 bits per heavy atom. The third-order valence-electron chi connectivity index (χ3n) is 6.21. The van der Waals surface area contributed by atoms with E-state index in [4.69, 9.17) is 16.3 Å². The molecule has 0 radical (unpaired) electrons. The molecule has 4 rings (SSSR count). The van der Waals surface area contributed by atoms with Gasteiger partial charge in [-0.05, 0) is 36.1 Å². The molecule has 1 aromatic heterocycles. The van der Waals surface area contributed by atoms with Crippen LogP contribution in [0.5, 0.6) is 0 Å². The van der Waals surface area contributed by atoms with Crippen molar-refractivity contribution in [2.24, 2.45) is 0 Å². The number of amides is 3. The summed E-state index contributed by atoms with van der Waals surface area (Å²) in [4.78, 5) is 45.4. The van der Waals surface area contributed by atoms with Crippen molar-refractivity contribution in [3.8, 4) is 0 Å². The van der Waals surface area contributed by atoms with Gasteiger partial charge in [0.15, 0.2) is 0 Å². The first kappa shape index (κ1) is 25.9. The number of thiophene rings is 1. The Kier molecular flexibility index (Phi) is 8.45. The first-order valence-electron chi connectivity index (χ1n) is 11.8. The van der Waals surface area contributed by atoms with Crippen molar-refractivity contribution in [1.82, 2.24) is 20.0 Å². The topological polar surface area (TPSA) is 82.2 Å². The van der Waals surface area contributed by atoms with Crippen LogP contribution in [-0.4, -0.2) is 78.5 Å². The number of rotatable bonds is 8. The average molecular weight is 529 g/mol. The molecule has 2 aliphatic rings. The van der Waals surface area contributed by atoms with Crippen LogP contribution in [0.1, 0.15) is 28.2 Å². The fourth-order valence-electron chi connectivity index (χ4n) is 4.43. The molecule has 2 aliphatic heterocycles. The van der Waals surface area contributed by atoms with Gasteiger partial charge >= 0.3 is 12.0 Å². The molecule has 1 fully saturated rings. The van der Waals surface area contributed by atoms with Crippen molar-refractivity contribution in [2.75, 3.05) is 45.9 Å². The third kappa shape index (κ3) is 5.64. The Balaban J connectivity index is 1.63. The summed E-state index contributed by atoms with van der Waals surface area (Å²) in [5, 5.41) is 5.40. The van der Waals surface area contributed by atoms with Gasteiger partial charge in [0.25, 0.3) is 5.91 Å². The molecule has 0 aliphatic carbocycles. The molecule has 1 atom stereocenters. The summed E-state index contributed by atoms with van der Waals surface area (Å²) in [5.74, 6) is -0.447. The van der Waals surface area contributed by atoms with Crippen LogP contribution in [0.15, 0.2) is 65.7 Å². The minimum absolute atomic E-state index is 0.0317. The van der Waals surface area contributed by atoms with Crippen LogP contribution in [0, 0.1) is 0 Å². The average Bonchev–Trinajstić information content (AvgIpc) is 3.42. The summed E-state index contributed by atoms with van der Waals surface area (Å²) >= 11 is 7.51. The predicted molar refractivity (Wildman–Crippen MR) is 140 cm³/mol. The van der Waals surface area contributed by atoms with Crippen molar-refractivity contribution in [2.45, 2.75) is 13.0 Å². The van der Waals surface area contributed by atoms with Crippen molar-refractivity contribution in [1.29, 1.82) is 0 Å². The molecule has 0 saturated carbocycles.